The van der Waals surface area contributed by atoms with E-state index >= 15 is 0 Å². The number of amides is 1. The molecular formula is C28H30N2O8. The molecular weight excluding hydrogens is 492 g/mol. The second-order valence-corrected chi connectivity index (χ2v) is 7.79. The van der Waals surface area contributed by atoms with Crippen molar-refractivity contribution in [1.29, 1.82) is 0 Å². The van der Waals surface area contributed by atoms with Crippen molar-refractivity contribution in [3.05, 3.63) is 71.3 Å². The van der Waals surface area contributed by atoms with Crippen LogP contribution in [0.25, 0.3) is 0 Å². The second kappa shape index (κ2) is 13.5. The highest BCUT2D eigenvalue weighted by molar-refractivity contribution is 5.96. The molecule has 1 N–H and O–H groups in total. The molecule has 0 saturated heterocycles. The van der Waals surface area contributed by atoms with Gasteiger partial charge in [-0.05, 0) is 66.6 Å². The predicted octanol–water partition coefficient (Wildman–Crippen LogP) is 4.49. The first-order valence-electron chi connectivity index (χ1n) is 11.7. The SMILES string of the molecule is CCCOc1ccc(C(=O)Oc2ccc(/C=N\NC(=O)c3cc(OC)c(OC)c(OC)c3)cc2OC)cc1. The van der Waals surface area contributed by atoms with Crippen LogP contribution >= 0.6 is 0 Å². The van der Waals surface area contributed by atoms with Crippen LogP contribution in [-0.4, -0.2) is 53.1 Å². The summed E-state index contributed by atoms with van der Waals surface area (Å²) >= 11 is 0. The van der Waals surface area contributed by atoms with E-state index in [0.29, 0.717) is 46.5 Å². The quantitative estimate of drug-likeness (QED) is 0.160. The van der Waals surface area contributed by atoms with Gasteiger partial charge in [-0.25, -0.2) is 10.2 Å². The molecule has 3 aromatic rings. The molecule has 0 aliphatic heterocycles. The van der Waals surface area contributed by atoms with Gasteiger partial charge in [-0.2, -0.15) is 5.10 Å². The fourth-order valence-electron chi connectivity index (χ4n) is 3.36. The van der Waals surface area contributed by atoms with E-state index in [-0.39, 0.29) is 11.3 Å². The van der Waals surface area contributed by atoms with Crippen molar-refractivity contribution in [1.82, 2.24) is 5.43 Å². The van der Waals surface area contributed by atoms with E-state index in [4.69, 9.17) is 28.4 Å². The molecule has 3 rings (SSSR count). The van der Waals surface area contributed by atoms with Crippen molar-refractivity contribution < 1.29 is 38.0 Å². The number of hydrogen-bond acceptors (Lipinski definition) is 9. The van der Waals surface area contributed by atoms with Crippen LogP contribution in [0.2, 0.25) is 0 Å². The highest BCUT2D eigenvalue weighted by Gasteiger charge is 2.17. The summed E-state index contributed by atoms with van der Waals surface area (Å²) in [6, 6.07) is 14.6. The largest absolute Gasteiger partial charge is 0.494 e. The zero-order chi connectivity index (χ0) is 27.5. The number of methoxy groups -OCH3 is 4. The van der Waals surface area contributed by atoms with Crippen LogP contribution in [0.15, 0.2) is 59.7 Å². The van der Waals surface area contributed by atoms with Crippen molar-refractivity contribution in [2.45, 2.75) is 13.3 Å². The molecule has 0 aliphatic rings. The van der Waals surface area contributed by atoms with Gasteiger partial charge in [0.05, 0.1) is 46.8 Å². The summed E-state index contributed by atoms with van der Waals surface area (Å²) < 4.78 is 32.2. The van der Waals surface area contributed by atoms with Crippen LogP contribution in [0, 0.1) is 0 Å². The molecule has 0 heterocycles. The predicted molar refractivity (Wildman–Crippen MR) is 141 cm³/mol. The minimum Gasteiger partial charge on any atom is -0.494 e. The lowest BCUT2D eigenvalue weighted by Crippen LogP contribution is -2.18. The number of rotatable bonds is 12. The molecule has 10 heteroatoms. The molecule has 0 aliphatic carbocycles. The Morgan fingerprint density at radius 2 is 1.45 bits per heavy atom. The van der Waals surface area contributed by atoms with Crippen LogP contribution in [0.5, 0.6) is 34.5 Å². The Morgan fingerprint density at radius 3 is 2.03 bits per heavy atom. The van der Waals surface area contributed by atoms with Gasteiger partial charge in [0, 0.05) is 5.56 Å². The van der Waals surface area contributed by atoms with Crippen molar-refractivity contribution in [2.75, 3.05) is 35.0 Å². The molecule has 0 radical (unpaired) electrons. The molecule has 0 atom stereocenters. The number of ether oxygens (including phenoxy) is 6. The molecule has 3 aromatic carbocycles. The normalized spacial score (nSPS) is 10.6. The van der Waals surface area contributed by atoms with E-state index in [2.05, 4.69) is 10.5 Å². The topological polar surface area (TPSA) is 114 Å². The number of nitrogens with zero attached hydrogens (tertiary/aromatic N) is 1. The third-order valence-electron chi connectivity index (χ3n) is 5.26. The average Bonchev–Trinajstić information content (AvgIpc) is 2.95. The van der Waals surface area contributed by atoms with E-state index < -0.39 is 11.9 Å². The number of benzene rings is 3. The fourth-order valence-corrected chi connectivity index (χ4v) is 3.36. The zero-order valence-electron chi connectivity index (χ0n) is 21.9. The minimum absolute atomic E-state index is 0.238. The van der Waals surface area contributed by atoms with Crippen LogP contribution in [0.1, 0.15) is 39.6 Å². The Kier molecular flexibility index (Phi) is 9.93. The van der Waals surface area contributed by atoms with Crippen LogP contribution < -0.4 is 33.8 Å². The standard InChI is InChI=1S/C28H30N2O8/c1-6-13-37-21-10-8-19(9-11-21)28(32)38-22-12-7-18(14-23(22)33-2)17-29-30-27(31)20-15-24(34-3)26(36-5)25(16-20)35-4/h7-12,14-17H,6,13H2,1-5H3,(H,30,31)/b29-17-. The third-order valence-corrected chi connectivity index (χ3v) is 5.26. The first kappa shape index (κ1) is 27.9. The number of esters is 1. The van der Waals surface area contributed by atoms with Gasteiger partial charge in [-0.3, -0.25) is 4.79 Å². The fraction of sp³-hybridized carbons (Fsp3) is 0.250. The summed E-state index contributed by atoms with van der Waals surface area (Å²) in [7, 11) is 5.86. The Hall–Kier alpha value is -4.73. The van der Waals surface area contributed by atoms with Gasteiger partial charge in [-0.1, -0.05) is 6.92 Å². The number of hydrazone groups is 1. The molecule has 0 bridgehead atoms. The van der Waals surface area contributed by atoms with E-state index in [1.165, 1.54) is 46.8 Å². The molecule has 1 amide bonds. The maximum Gasteiger partial charge on any atom is 0.343 e. The molecule has 38 heavy (non-hydrogen) atoms. The van der Waals surface area contributed by atoms with Gasteiger partial charge in [0.2, 0.25) is 5.75 Å². The van der Waals surface area contributed by atoms with Crippen molar-refractivity contribution in [3.63, 3.8) is 0 Å². The van der Waals surface area contributed by atoms with Crippen LogP contribution in [0.4, 0.5) is 0 Å². The lowest BCUT2D eigenvalue weighted by atomic mass is 10.1. The maximum atomic E-state index is 12.6. The highest BCUT2D eigenvalue weighted by Crippen LogP contribution is 2.38. The summed E-state index contributed by atoms with van der Waals surface area (Å²) in [6.45, 7) is 2.62. The van der Waals surface area contributed by atoms with E-state index in [1.807, 2.05) is 6.92 Å². The van der Waals surface area contributed by atoms with Crippen molar-refractivity contribution in [3.8, 4) is 34.5 Å². The summed E-state index contributed by atoms with van der Waals surface area (Å²) in [6.07, 6.45) is 2.32. The summed E-state index contributed by atoms with van der Waals surface area (Å²) in [5.41, 5.74) is 3.69. The van der Waals surface area contributed by atoms with Crippen LogP contribution in [0.3, 0.4) is 0 Å². The molecule has 10 nitrogen and oxygen atoms in total. The maximum absolute atomic E-state index is 12.6. The Labute approximate surface area is 221 Å². The number of nitrogens with one attached hydrogen (secondary N) is 1. The van der Waals surface area contributed by atoms with Gasteiger partial charge in [-0.15, -0.1) is 0 Å². The number of carbonyl (C=O) groups is 2. The van der Waals surface area contributed by atoms with Gasteiger partial charge >= 0.3 is 5.97 Å². The van der Waals surface area contributed by atoms with E-state index in [0.717, 1.165) is 6.42 Å². The summed E-state index contributed by atoms with van der Waals surface area (Å²) in [5.74, 6) is 1.29. The lowest BCUT2D eigenvalue weighted by Gasteiger charge is -2.13. The van der Waals surface area contributed by atoms with E-state index in [1.54, 1.807) is 42.5 Å². The molecule has 0 fully saturated rings. The molecule has 0 aromatic heterocycles. The molecule has 0 saturated carbocycles. The lowest BCUT2D eigenvalue weighted by molar-refractivity contribution is 0.0729. The van der Waals surface area contributed by atoms with Crippen molar-refractivity contribution >= 4 is 18.1 Å². The first-order chi connectivity index (χ1) is 18.4. The highest BCUT2D eigenvalue weighted by atomic mass is 16.6. The van der Waals surface area contributed by atoms with E-state index in [9.17, 15) is 9.59 Å². The number of carbonyl (C=O) groups excluding carboxylic acids is 2. The van der Waals surface area contributed by atoms with Crippen molar-refractivity contribution in [2.24, 2.45) is 5.10 Å². The van der Waals surface area contributed by atoms with Gasteiger partial charge in [0.1, 0.15) is 5.75 Å². The monoisotopic (exact) mass is 522 g/mol. The van der Waals surface area contributed by atoms with Crippen LogP contribution in [-0.2, 0) is 0 Å². The Bertz CT molecular complexity index is 1260. The molecule has 200 valence electrons. The molecule has 0 unspecified atom stereocenters. The van der Waals surface area contributed by atoms with Gasteiger partial charge < -0.3 is 28.4 Å². The van der Waals surface area contributed by atoms with Gasteiger partial charge in [0.15, 0.2) is 23.0 Å². The number of hydrogen-bond donors (Lipinski definition) is 1. The Balaban J connectivity index is 1.67. The van der Waals surface area contributed by atoms with Gasteiger partial charge in [0.25, 0.3) is 5.91 Å². The average molecular weight is 523 g/mol. The smallest absolute Gasteiger partial charge is 0.343 e. The minimum atomic E-state index is -0.538. The summed E-state index contributed by atoms with van der Waals surface area (Å²) in [4.78, 5) is 25.2. The molecule has 0 spiro atoms. The third kappa shape index (κ3) is 6.94. The zero-order valence-corrected chi connectivity index (χ0v) is 21.9. The Morgan fingerprint density at radius 1 is 0.789 bits per heavy atom. The summed E-state index contributed by atoms with van der Waals surface area (Å²) in [5, 5.41) is 4.00. The second-order valence-electron chi connectivity index (χ2n) is 7.79. The first-order valence-corrected chi connectivity index (χ1v) is 11.7.